The van der Waals surface area contributed by atoms with Gasteiger partial charge in [0.25, 0.3) is 0 Å². The second kappa shape index (κ2) is 5.77. The lowest BCUT2D eigenvalue weighted by Crippen LogP contribution is -2.35. The van der Waals surface area contributed by atoms with E-state index in [1.54, 1.807) is 0 Å². The molecule has 0 unspecified atom stereocenters. The van der Waals surface area contributed by atoms with Crippen LogP contribution in [0.3, 0.4) is 0 Å². The highest BCUT2D eigenvalue weighted by atomic mass is 79.9. The molecule has 0 amide bonds. The summed E-state index contributed by atoms with van der Waals surface area (Å²) < 4.78 is 0.914. The minimum Gasteiger partial charge on any atom is -0.294 e. The van der Waals surface area contributed by atoms with Crippen molar-refractivity contribution in [3.63, 3.8) is 0 Å². The third-order valence-electron chi connectivity index (χ3n) is 2.35. The molecule has 0 bridgehead atoms. The molecule has 4 heteroatoms. The van der Waals surface area contributed by atoms with E-state index in [2.05, 4.69) is 41.6 Å². The second-order valence-corrected chi connectivity index (χ2v) is 5.45. The van der Waals surface area contributed by atoms with Crippen molar-refractivity contribution in [3.8, 4) is 0 Å². The minimum absolute atomic E-state index is 0.201. The zero-order chi connectivity index (χ0) is 11.4. The van der Waals surface area contributed by atoms with Gasteiger partial charge in [-0.05, 0) is 47.8 Å². The summed E-state index contributed by atoms with van der Waals surface area (Å²) in [7, 11) is 0. The van der Waals surface area contributed by atoms with E-state index in [0.717, 1.165) is 15.9 Å². The molecule has 0 aliphatic carbocycles. The number of nitrogens with zero attached hydrogens (tertiary/aromatic N) is 1. The molecule has 15 heavy (non-hydrogen) atoms. The van der Waals surface area contributed by atoms with Gasteiger partial charge in [-0.3, -0.25) is 9.69 Å². The summed E-state index contributed by atoms with van der Waals surface area (Å²) in [4.78, 5) is 14.9. The van der Waals surface area contributed by atoms with Crippen LogP contribution < -0.4 is 0 Å². The van der Waals surface area contributed by atoms with Gasteiger partial charge in [0.15, 0.2) is 5.78 Å². The highest BCUT2D eigenvalue weighted by Gasteiger charge is 2.16. The number of hydrogen-bond donors (Lipinski definition) is 0. The van der Waals surface area contributed by atoms with Crippen molar-refractivity contribution >= 4 is 33.0 Å². The Balaban J connectivity index is 2.67. The predicted molar refractivity (Wildman–Crippen MR) is 68.7 cm³/mol. The van der Waals surface area contributed by atoms with E-state index in [1.165, 1.54) is 11.3 Å². The Morgan fingerprint density at radius 2 is 2.27 bits per heavy atom. The molecular weight excluding hydrogens is 274 g/mol. The highest BCUT2D eigenvalue weighted by molar-refractivity contribution is 9.10. The maximum atomic E-state index is 11.9. The quantitative estimate of drug-likeness (QED) is 0.774. The molecule has 0 N–H and O–H groups in total. The first-order valence-electron chi connectivity index (χ1n) is 5.06. The average Bonchev–Trinajstić information content (AvgIpc) is 2.60. The van der Waals surface area contributed by atoms with Crippen molar-refractivity contribution in [2.45, 2.75) is 26.8 Å². The number of halogens is 1. The van der Waals surface area contributed by atoms with Crippen molar-refractivity contribution in [1.82, 2.24) is 4.90 Å². The molecule has 1 heterocycles. The minimum atomic E-state index is 0.201. The van der Waals surface area contributed by atoms with Crippen LogP contribution in [-0.4, -0.2) is 29.8 Å². The SMILES string of the molecule is CCN(CC(=O)c1sccc1Br)C(C)C. The molecule has 0 saturated carbocycles. The summed E-state index contributed by atoms with van der Waals surface area (Å²) in [5, 5.41) is 1.93. The fraction of sp³-hybridized carbons (Fsp3) is 0.545. The fourth-order valence-corrected chi connectivity index (χ4v) is 2.93. The van der Waals surface area contributed by atoms with Gasteiger partial charge >= 0.3 is 0 Å². The van der Waals surface area contributed by atoms with Gasteiger partial charge < -0.3 is 0 Å². The number of carbonyl (C=O) groups excluding carboxylic acids is 1. The van der Waals surface area contributed by atoms with Gasteiger partial charge in [0.05, 0.1) is 11.4 Å². The normalized spacial score (nSPS) is 11.3. The van der Waals surface area contributed by atoms with E-state index in [4.69, 9.17) is 0 Å². The first-order valence-corrected chi connectivity index (χ1v) is 6.73. The van der Waals surface area contributed by atoms with Crippen LogP contribution in [0, 0.1) is 0 Å². The molecule has 0 radical (unpaired) electrons. The number of ketones is 1. The van der Waals surface area contributed by atoms with E-state index < -0.39 is 0 Å². The standard InChI is InChI=1S/C11H16BrNOS/c1-4-13(8(2)3)7-10(14)11-9(12)5-6-15-11/h5-6,8H,4,7H2,1-3H3. The van der Waals surface area contributed by atoms with Crippen LogP contribution in [0.25, 0.3) is 0 Å². The third-order valence-corrected chi connectivity index (χ3v) is 4.23. The lowest BCUT2D eigenvalue weighted by molar-refractivity contribution is 0.0914. The molecule has 0 aliphatic rings. The maximum absolute atomic E-state index is 11.9. The molecule has 0 aromatic carbocycles. The molecule has 1 rings (SSSR count). The molecule has 2 nitrogen and oxygen atoms in total. The number of likely N-dealkylation sites (N-methyl/N-ethyl adjacent to an activating group) is 1. The van der Waals surface area contributed by atoms with Gasteiger partial charge in [0.1, 0.15) is 0 Å². The smallest absolute Gasteiger partial charge is 0.187 e. The largest absolute Gasteiger partial charge is 0.294 e. The molecule has 0 aliphatic heterocycles. The van der Waals surface area contributed by atoms with Gasteiger partial charge in [0, 0.05) is 10.5 Å². The van der Waals surface area contributed by atoms with E-state index in [-0.39, 0.29) is 5.78 Å². The second-order valence-electron chi connectivity index (χ2n) is 3.68. The molecule has 1 aromatic heterocycles. The molecule has 1 aromatic rings. The molecule has 0 saturated heterocycles. The highest BCUT2D eigenvalue weighted by Crippen LogP contribution is 2.23. The topological polar surface area (TPSA) is 20.3 Å². The van der Waals surface area contributed by atoms with Crippen molar-refractivity contribution in [3.05, 3.63) is 20.8 Å². The molecule has 0 spiro atoms. The van der Waals surface area contributed by atoms with Crippen molar-refractivity contribution in [2.75, 3.05) is 13.1 Å². The summed E-state index contributed by atoms with van der Waals surface area (Å²) in [5.41, 5.74) is 0. The molecule has 0 fully saturated rings. The fourth-order valence-electron chi connectivity index (χ4n) is 1.41. The monoisotopic (exact) mass is 289 g/mol. The summed E-state index contributed by atoms with van der Waals surface area (Å²) in [6.45, 7) is 7.72. The maximum Gasteiger partial charge on any atom is 0.187 e. The van der Waals surface area contributed by atoms with Gasteiger partial charge in [-0.1, -0.05) is 6.92 Å². The lowest BCUT2D eigenvalue weighted by atomic mass is 10.2. The number of Topliss-reactive ketones (excluding diaryl/α,β-unsaturated/α-hetero) is 1. The van der Waals surface area contributed by atoms with Gasteiger partial charge in [-0.2, -0.15) is 0 Å². The summed E-state index contributed by atoms with van der Waals surface area (Å²) in [6, 6.07) is 2.33. The van der Waals surface area contributed by atoms with Crippen LogP contribution in [0.5, 0.6) is 0 Å². The van der Waals surface area contributed by atoms with Crippen molar-refractivity contribution < 1.29 is 4.79 Å². The molecule has 84 valence electrons. The van der Waals surface area contributed by atoms with Crippen LogP contribution in [0.1, 0.15) is 30.4 Å². The van der Waals surface area contributed by atoms with Gasteiger partial charge in [-0.15, -0.1) is 11.3 Å². The van der Waals surface area contributed by atoms with E-state index in [1.807, 2.05) is 11.4 Å². The van der Waals surface area contributed by atoms with Crippen LogP contribution in [0.4, 0.5) is 0 Å². The Hall–Kier alpha value is -0.190. The predicted octanol–water partition coefficient (Wildman–Crippen LogP) is 3.42. The lowest BCUT2D eigenvalue weighted by Gasteiger charge is -2.23. The zero-order valence-electron chi connectivity index (χ0n) is 9.29. The molecule has 0 atom stereocenters. The number of rotatable bonds is 5. The Kier molecular flexibility index (Phi) is 4.96. The van der Waals surface area contributed by atoms with E-state index in [0.29, 0.717) is 12.6 Å². The summed E-state index contributed by atoms with van der Waals surface area (Å²) in [5.74, 6) is 0.201. The van der Waals surface area contributed by atoms with Gasteiger partial charge in [0.2, 0.25) is 0 Å². The van der Waals surface area contributed by atoms with Crippen LogP contribution in [0.15, 0.2) is 15.9 Å². The number of thiophene rings is 1. The third kappa shape index (κ3) is 3.40. The Labute approximate surface area is 103 Å². The Morgan fingerprint density at radius 1 is 1.60 bits per heavy atom. The average molecular weight is 290 g/mol. The number of hydrogen-bond acceptors (Lipinski definition) is 3. The van der Waals surface area contributed by atoms with Crippen LogP contribution >= 0.6 is 27.3 Å². The first kappa shape index (κ1) is 12.9. The van der Waals surface area contributed by atoms with E-state index >= 15 is 0 Å². The van der Waals surface area contributed by atoms with Gasteiger partial charge in [-0.25, -0.2) is 0 Å². The number of carbonyl (C=O) groups is 1. The Morgan fingerprint density at radius 3 is 2.67 bits per heavy atom. The molecular formula is C11H16BrNOS. The van der Waals surface area contributed by atoms with Crippen LogP contribution in [0.2, 0.25) is 0 Å². The summed E-state index contributed by atoms with van der Waals surface area (Å²) >= 11 is 4.89. The Bertz CT molecular complexity index is 335. The summed E-state index contributed by atoms with van der Waals surface area (Å²) in [6.07, 6.45) is 0. The van der Waals surface area contributed by atoms with E-state index in [9.17, 15) is 4.79 Å². The zero-order valence-corrected chi connectivity index (χ0v) is 11.7. The van der Waals surface area contributed by atoms with Crippen molar-refractivity contribution in [2.24, 2.45) is 0 Å². The van der Waals surface area contributed by atoms with Crippen LogP contribution in [-0.2, 0) is 0 Å². The first-order chi connectivity index (χ1) is 7.06. The van der Waals surface area contributed by atoms with Crippen molar-refractivity contribution in [1.29, 1.82) is 0 Å².